The molecule has 1 aliphatic heterocycles. The molecule has 1 saturated heterocycles. The molecular weight excluding hydrogens is 384 g/mol. The molecule has 0 radical (unpaired) electrons. The first-order chi connectivity index (χ1) is 14.2. The van der Waals surface area contributed by atoms with Crippen molar-refractivity contribution in [3.8, 4) is 0 Å². The number of thioether (sulfide) groups is 1. The lowest BCUT2D eigenvalue weighted by Gasteiger charge is -2.24. The number of ether oxygens (including phenoxy) is 1. The second kappa shape index (κ2) is 11.6. The predicted octanol–water partition coefficient (Wildman–Crippen LogP) is 3.97. The Morgan fingerprint density at radius 1 is 1.14 bits per heavy atom. The molecule has 1 aromatic carbocycles. The van der Waals surface area contributed by atoms with Gasteiger partial charge in [-0.2, -0.15) is 0 Å². The van der Waals surface area contributed by atoms with E-state index in [1.165, 1.54) is 43.9 Å². The topological polar surface area (TPSA) is 58.6 Å². The van der Waals surface area contributed by atoms with E-state index < -0.39 is 0 Å². The van der Waals surface area contributed by atoms with Crippen molar-refractivity contribution in [2.75, 3.05) is 38.6 Å². The quantitative estimate of drug-likeness (QED) is 0.617. The lowest BCUT2D eigenvalue weighted by Crippen LogP contribution is -2.35. The summed E-state index contributed by atoms with van der Waals surface area (Å²) >= 11 is 1.46. The highest BCUT2D eigenvalue weighted by molar-refractivity contribution is 8.00. The van der Waals surface area contributed by atoms with Gasteiger partial charge in [-0.15, -0.1) is 11.8 Å². The van der Waals surface area contributed by atoms with Gasteiger partial charge in [0.15, 0.2) is 0 Å². The number of amides is 2. The van der Waals surface area contributed by atoms with E-state index >= 15 is 0 Å². The van der Waals surface area contributed by atoms with Gasteiger partial charge in [0.05, 0.1) is 17.9 Å². The van der Waals surface area contributed by atoms with E-state index in [9.17, 15) is 9.59 Å². The molecule has 0 aromatic heterocycles. The molecule has 1 aromatic rings. The molecule has 5 nitrogen and oxygen atoms in total. The van der Waals surface area contributed by atoms with Crippen LogP contribution in [0.1, 0.15) is 55.8 Å². The van der Waals surface area contributed by atoms with Crippen molar-refractivity contribution >= 4 is 23.6 Å². The first kappa shape index (κ1) is 22.2. The third-order valence-corrected chi connectivity index (χ3v) is 7.03. The van der Waals surface area contributed by atoms with Crippen molar-refractivity contribution in [1.29, 1.82) is 0 Å². The highest BCUT2D eigenvalue weighted by Gasteiger charge is 2.24. The predicted molar refractivity (Wildman–Crippen MR) is 117 cm³/mol. The van der Waals surface area contributed by atoms with E-state index in [4.69, 9.17) is 4.74 Å². The van der Waals surface area contributed by atoms with Crippen LogP contribution in [0.3, 0.4) is 0 Å². The number of nitrogens with zero attached hydrogens (tertiary/aromatic N) is 1. The highest BCUT2D eigenvalue weighted by Crippen LogP contribution is 2.25. The molecular formula is C23H34N2O3S. The van der Waals surface area contributed by atoms with Gasteiger partial charge in [-0.05, 0) is 44.2 Å². The van der Waals surface area contributed by atoms with Gasteiger partial charge in [-0.3, -0.25) is 9.59 Å². The number of hydrogen-bond donors (Lipinski definition) is 1. The third kappa shape index (κ3) is 6.75. The normalized spacial score (nSPS) is 19.8. The maximum absolute atomic E-state index is 13.1. The van der Waals surface area contributed by atoms with Gasteiger partial charge >= 0.3 is 0 Å². The summed E-state index contributed by atoms with van der Waals surface area (Å²) < 4.78 is 5.46. The molecule has 29 heavy (non-hydrogen) atoms. The summed E-state index contributed by atoms with van der Waals surface area (Å²) in [7, 11) is 0. The number of hydrogen-bond acceptors (Lipinski definition) is 4. The molecule has 2 fully saturated rings. The maximum atomic E-state index is 13.1. The Morgan fingerprint density at radius 3 is 2.66 bits per heavy atom. The van der Waals surface area contributed by atoms with Crippen LogP contribution in [0, 0.1) is 11.8 Å². The minimum Gasteiger partial charge on any atom is -0.381 e. The number of benzene rings is 1. The summed E-state index contributed by atoms with van der Waals surface area (Å²) in [6, 6.07) is 7.64. The third-order valence-electron chi connectivity index (χ3n) is 5.96. The first-order valence-electron chi connectivity index (χ1n) is 11.0. The molecule has 1 saturated carbocycles. The molecule has 160 valence electrons. The van der Waals surface area contributed by atoms with Gasteiger partial charge in [0.2, 0.25) is 5.91 Å². The fraction of sp³-hybridized carbons (Fsp3) is 0.652. The minimum absolute atomic E-state index is 0.0464. The van der Waals surface area contributed by atoms with Gasteiger partial charge in [-0.1, -0.05) is 31.4 Å². The Bertz CT molecular complexity index is 670. The van der Waals surface area contributed by atoms with Crippen molar-refractivity contribution in [3.63, 3.8) is 0 Å². The number of carbonyl (C=O) groups is 2. The average molecular weight is 419 g/mol. The molecule has 2 amide bonds. The van der Waals surface area contributed by atoms with Crippen molar-refractivity contribution < 1.29 is 14.3 Å². The van der Waals surface area contributed by atoms with Gasteiger partial charge in [0, 0.05) is 37.1 Å². The number of carbonyl (C=O) groups excluding carboxylic acids is 2. The zero-order valence-electron chi connectivity index (χ0n) is 17.5. The summed E-state index contributed by atoms with van der Waals surface area (Å²) in [6.07, 6.45) is 7.36. The fourth-order valence-corrected chi connectivity index (χ4v) is 5.05. The summed E-state index contributed by atoms with van der Waals surface area (Å²) in [6.45, 7) is 5.74. The zero-order valence-corrected chi connectivity index (χ0v) is 18.3. The SMILES string of the molecule is CCN(CC1CCOC1)C(=O)c1ccccc1SCC(=O)NCC1CCCCC1. The van der Waals surface area contributed by atoms with Crippen LogP contribution in [-0.2, 0) is 9.53 Å². The van der Waals surface area contributed by atoms with E-state index in [2.05, 4.69) is 5.32 Å². The molecule has 1 heterocycles. The summed E-state index contributed by atoms with van der Waals surface area (Å²) in [5.41, 5.74) is 0.693. The van der Waals surface area contributed by atoms with Crippen LogP contribution in [0.2, 0.25) is 0 Å². The molecule has 0 bridgehead atoms. The molecule has 1 unspecified atom stereocenters. The van der Waals surface area contributed by atoms with Gasteiger partial charge in [0.1, 0.15) is 0 Å². The Hall–Kier alpha value is -1.53. The second-order valence-electron chi connectivity index (χ2n) is 8.17. The standard InChI is InChI=1S/C23H34N2O3S/c1-2-25(15-19-12-13-28-16-19)23(27)20-10-6-7-11-21(20)29-17-22(26)24-14-18-8-4-3-5-9-18/h6-7,10-11,18-19H,2-5,8-9,12-17H2,1H3,(H,24,26). The molecule has 3 rings (SSSR count). The zero-order chi connectivity index (χ0) is 20.5. The molecule has 1 atom stereocenters. The molecule has 2 aliphatic rings. The van der Waals surface area contributed by atoms with Crippen LogP contribution in [-0.4, -0.2) is 55.3 Å². The van der Waals surface area contributed by atoms with E-state index in [0.717, 1.165) is 37.6 Å². The number of nitrogens with one attached hydrogen (secondary N) is 1. The van der Waals surface area contributed by atoms with Crippen LogP contribution in [0.4, 0.5) is 0 Å². The van der Waals surface area contributed by atoms with Gasteiger partial charge < -0.3 is 15.0 Å². The lowest BCUT2D eigenvalue weighted by molar-refractivity contribution is -0.118. The first-order valence-corrected chi connectivity index (χ1v) is 12.0. The minimum atomic E-state index is 0.0464. The van der Waals surface area contributed by atoms with Crippen molar-refractivity contribution in [2.24, 2.45) is 11.8 Å². The Morgan fingerprint density at radius 2 is 1.93 bits per heavy atom. The molecule has 0 spiro atoms. The summed E-state index contributed by atoms with van der Waals surface area (Å²) in [5, 5.41) is 3.08. The summed E-state index contributed by atoms with van der Waals surface area (Å²) in [5.74, 6) is 1.50. The van der Waals surface area contributed by atoms with Crippen LogP contribution in [0.15, 0.2) is 29.2 Å². The van der Waals surface area contributed by atoms with Crippen LogP contribution in [0.25, 0.3) is 0 Å². The lowest BCUT2D eigenvalue weighted by atomic mass is 9.89. The Kier molecular flexibility index (Phi) is 8.87. The van der Waals surface area contributed by atoms with Crippen molar-refractivity contribution in [2.45, 2.75) is 50.3 Å². The fourth-order valence-electron chi connectivity index (χ4n) is 4.18. The van der Waals surface area contributed by atoms with E-state index in [1.54, 1.807) is 0 Å². The maximum Gasteiger partial charge on any atom is 0.254 e. The monoisotopic (exact) mass is 418 g/mol. The van der Waals surface area contributed by atoms with E-state index in [1.807, 2.05) is 36.1 Å². The highest BCUT2D eigenvalue weighted by atomic mass is 32.2. The second-order valence-corrected chi connectivity index (χ2v) is 9.18. The largest absolute Gasteiger partial charge is 0.381 e. The van der Waals surface area contributed by atoms with Crippen LogP contribution < -0.4 is 5.32 Å². The Balaban J connectivity index is 1.53. The van der Waals surface area contributed by atoms with Crippen molar-refractivity contribution in [1.82, 2.24) is 10.2 Å². The van der Waals surface area contributed by atoms with Crippen LogP contribution >= 0.6 is 11.8 Å². The molecule has 1 N–H and O–H groups in total. The number of rotatable bonds is 9. The van der Waals surface area contributed by atoms with Gasteiger partial charge in [-0.25, -0.2) is 0 Å². The molecule has 6 heteroatoms. The van der Waals surface area contributed by atoms with Gasteiger partial charge in [0.25, 0.3) is 5.91 Å². The Labute approximate surface area is 178 Å². The van der Waals surface area contributed by atoms with E-state index in [-0.39, 0.29) is 11.8 Å². The average Bonchev–Trinajstić information content (AvgIpc) is 3.28. The smallest absolute Gasteiger partial charge is 0.254 e. The molecule has 1 aliphatic carbocycles. The summed E-state index contributed by atoms with van der Waals surface area (Å²) in [4.78, 5) is 28.2. The van der Waals surface area contributed by atoms with E-state index in [0.29, 0.717) is 29.7 Å². The van der Waals surface area contributed by atoms with Crippen LogP contribution in [0.5, 0.6) is 0 Å². The van der Waals surface area contributed by atoms with Crippen molar-refractivity contribution in [3.05, 3.63) is 29.8 Å².